The summed E-state index contributed by atoms with van der Waals surface area (Å²) in [4.78, 5) is 48.6. The highest BCUT2D eigenvalue weighted by atomic mass is 31.2. The van der Waals surface area contributed by atoms with Gasteiger partial charge in [-0.3, -0.25) is 0 Å². The van der Waals surface area contributed by atoms with Crippen LogP contribution in [-0.2, 0) is 27.5 Å². The zero-order valence-electron chi connectivity index (χ0n) is 7.92. The molecule has 0 radical (unpaired) electrons. The summed E-state index contributed by atoms with van der Waals surface area (Å²) >= 11 is 0. The summed E-state index contributed by atoms with van der Waals surface area (Å²) in [6.07, 6.45) is 0. The molecular formula is H8N2O12P4+2. The van der Waals surface area contributed by atoms with Gasteiger partial charge in [-0.2, -0.15) is 9.25 Å². The fraction of sp³-hybridized carbons (Fsp3) is 0. The third kappa shape index (κ3) is 25.2. The van der Waals surface area contributed by atoms with Crippen LogP contribution in [0.5, 0.6) is 0 Å². The van der Waals surface area contributed by atoms with Crippen LogP contribution in [0.2, 0.25) is 0 Å². The number of phosphoric acid groups is 2. The first-order chi connectivity index (χ1) is 7.83. The van der Waals surface area contributed by atoms with E-state index in [2.05, 4.69) is 9.25 Å². The van der Waals surface area contributed by atoms with E-state index < -0.39 is 32.0 Å². The summed E-state index contributed by atoms with van der Waals surface area (Å²) in [6.45, 7) is 0. The molecule has 0 amide bonds. The molecule has 0 aliphatic heterocycles. The second kappa shape index (κ2) is 9.21. The first-order valence-electron chi connectivity index (χ1n) is 3.15. The van der Waals surface area contributed by atoms with Gasteiger partial charge in [-0.25, -0.2) is 9.13 Å². The molecule has 0 aliphatic carbocycles. The van der Waals surface area contributed by atoms with Crippen molar-refractivity contribution in [3.05, 3.63) is 0 Å². The van der Waals surface area contributed by atoms with Crippen molar-refractivity contribution in [2.24, 2.45) is 0 Å². The summed E-state index contributed by atoms with van der Waals surface area (Å²) in [5, 5.41) is 0. The van der Waals surface area contributed by atoms with E-state index in [1.807, 2.05) is 0 Å². The molecule has 8 N–H and O–H groups in total. The Balaban J connectivity index is 0. The predicted molar refractivity (Wildman–Crippen MR) is 52.2 cm³/mol. The maximum absolute atomic E-state index is 9.79. The van der Waals surface area contributed by atoms with Crippen LogP contribution in [0.3, 0.4) is 0 Å². The molecule has 0 bridgehead atoms. The van der Waals surface area contributed by atoms with Gasteiger partial charge in [0.15, 0.2) is 4.86 Å². The highest BCUT2D eigenvalue weighted by Crippen LogP contribution is 2.38. The molecule has 0 aromatic carbocycles. The van der Waals surface area contributed by atoms with Gasteiger partial charge in [0.25, 0.3) is 0 Å². The Morgan fingerprint density at radius 3 is 1.22 bits per heavy atom. The topological polar surface area (TPSA) is 232 Å². The Bertz CT molecular complexity index is 328. The minimum atomic E-state index is -4.83. The van der Waals surface area contributed by atoms with Gasteiger partial charge in [0.1, 0.15) is 0 Å². The van der Waals surface area contributed by atoms with Crippen LogP contribution in [0.1, 0.15) is 0 Å². The number of rotatable bonds is 6. The lowest BCUT2D eigenvalue weighted by atomic mass is 13.3. The normalized spacial score (nSPS) is 13.4. The van der Waals surface area contributed by atoms with Crippen molar-refractivity contribution >= 4 is 32.0 Å². The molecule has 0 saturated carbocycles. The van der Waals surface area contributed by atoms with Crippen molar-refractivity contribution in [1.29, 1.82) is 0 Å². The predicted octanol–water partition coefficient (Wildman–Crippen LogP) is -1.50. The van der Waals surface area contributed by atoms with Crippen LogP contribution in [0.25, 0.3) is 0 Å². The third-order valence-corrected chi connectivity index (χ3v) is 2.48. The second-order valence-electron chi connectivity index (χ2n) is 1.89. The van der Waals surface area contributed by atoms with E-state index in [1.165, 1.54) is 4.86 Å². The summed E-state index contributed by atoms with van der Waals surface area (Å²) in [5.74, 6) is 0. The lowest BCUT2D eigenvalue weighted by molar-refractivity contribution is -0.0566. The molecule has 14 nitrogen and oxygen atoms in total. The number of hydrogen-bond acceptors (Lipinski definition) is 7. The van der Waals surface area contributed by atoms with Gasteiger partial charge in [0.2, 0.25) is 0 Å². The largest absolute Gasteiger partial charge is 0.657 e. The molecular weight excluding hydrogens is 344 g/mol. The average molecular weight is 352 g/mol. The van der Waals surface area contributed by atoms with Crippen molar-refractivity contribution in [3.63, 3.8) is 0 Å². The van der Waals surface area contributed by atoms with Gasteiger partial charge >= 0.3 is 32.0 Å². The molecule has 108 valence electrons. The van der Waals surface area contributed by atoms with Crippen molar-refractivity contribution in [2.45, 2.75) is 0 Å². The summed E-state index contributed by atoms with van der Waals surface area (Å²) in [5.41, 5.74) is 0.939. The highest BCUT2D eigenvalue weighted by molar-refractivity contribution is 7.52. The zero-order valence-corrected chi connectivity index (χ0v) is 11.5. The van der Waals surface area contributed by atoms with E-state index in [9.17, 15) is 18.3 Å². The smallest absolute Gasteiger partial charge is 0.302 e. The Kier molecular flexibility index (Phi) is 10.5. The molecule has 2 unspecified atom stereocenters. The lowest BCUT2D eigenvalue weighted by Crippen LogP contribution is -2.11. The van der Waals surface area contributed by atoms with Crippen LogP contribution in [0.4, 0.5) is 0 Å². The molecule has 0 fully saturated rings. The molecule has 0 aromatic rings. The summed E-state index contributed by atoms with van der Waals surface area (Å²) in [6, 6.07) is 0. The van der Waals surface area contributed by atoms with Gasteiger partial charge in [-0.05, 0) is 9.13 Å². The standard InChI is InChI=1S/H5NO8P2.HNO4P2/c2-10(3,4)8-1-9-11(5,6)7;2-6(3)1-7(4)5/h1H,(H2,2,3,4)(H2,5,6,7);(H-2,1,2,3,4,5)/p+2. The first kappa shape index (κ1) is 20.6. The fourth-order valence-corrected chi connectivity index (χ4v) is 1.10. The average Bonchev–Trinajstić information content (AvgIpc) is 1.95. The van der Waals surface area contributed by atoms with E-state index in [1.54, 1.807) is 0 Å². The SMILES string of the molecule is O=P(O)(O)ONOP(=O)(O)O.O=[P+](O)N[P+](=O)O. The van der Waals surface area contributed by atoms with Gasteiger partial charge in [0, 0.05) is 0 Å². The quantitative estimate of drug-likeness (QED) is 0.201. The zero-order chi connectivity index (χ0) is 15.0. The van der Waals surface area contributed by atoms with Crippen molar-refractivity contribution in [2.75, 3.05) is 0 Å². The minimum Gasteiger partial charge on any atom is -0.302 e. The second-order valence-corrected chi connectivity index (χ2v) is 6.11. The highest BCUT2D eigenvalue weighted by Gasteiger charge is 2.26. The minimum absolute atomic E-state index is 0.939. The molecule has 2 atom stereocenters. The van der Waals surface area contributed by atoms with Crippen LogP contribution < -0.4 is 10.5 Å². The maximum atomic E-state index is 9.79. The fourth-order valence-electron chi connectivity index (χ4n) is 0.187. The maximum Gasteiger partial charge on any atom is 0.657 e. The molecule has 18 heavy (non-hydrogen) atoms. The van der Waals surface area contributed by atoms with Crippen molar-refractivity contribution in [1.82, 2.24) is 10.5 Å². The van der Waals surface area contributed by atoms with Crippen LogP contribution in [0, 0.1) is 0 Å². The van der Waals surface area contributed by atoms with Crippen molar-refractivity contribution < 1.29 is 56.9 Å². The van der Waals surface area contributed by atoms with Gasteiger partial charge in [0.05, 0.1) is 0 Å². The molecule has 0 heterocycles. The molecule has 0 aromatic heterocycles. The van der Waals surface area contributed by atoms with Gasteiger partial charge < -0.3 is 19.6 Å². The van der Waals surface area contributed by atoms with E-state index >= 15 is 0 Å². The van der Waals surface area contributed by atoms with E-state index in [0.717, 1.165) is 5.64 Å². The Morgan fingerprint density at radius 1 is 0.833 bits per heavy atom. The molecule has 18 heteroatoms. The van der Waals surface area contributed by atoms with Gasteiger partial charge in [-0.15, -0.1) is 9.79 Å². The van der Waals surface area contributed by atoms with E-state index in [0.29, 0.717) is 0 Å². The Hall–Kier alpha value is 0.260. The van der Waals surface area contributed by atoms with E-state index in [-0.39, 0.29) is 0 Å². The lowest BCUT2D eigenvalue weighted by Gasteiger charge is -2.05. The third-order valence-electron chi connectivity index (χ3n) is 0.483. The van der Waals surface area contributed by atoms with Crippen molar-refractivity contribution in [3.8, 4) is 0 Å². The van der Waals surface area contributed by atoms with Crippen LogP contribution >= 0.6 is 32.0 Å². The first-order valence-corrected chi connectivity index (χ1v) is 8.64. The Morgan fingerprint density at radius 2 is 1.11 bits per heavy atom. The van der Waals surface area contributed by atoms with Crippen LogP contribution in [0.15, 0.2) is 0 Å². The molecule has 0 spiro atoms. The molecule has 0 saturated heterocycles. The number of hydrogen-bond donors (Lipinski definition) is 8. The molecule has 0 rings (SSSR count). The summed E-state index contributed by atoms with van der Waals surface area (Å²) < 4.78 is 45.2. The molecule has 0 aliphatic rings. The number of nitrogens with one attached hydrogen (secondary N) is 2. The van der Waals surface area contributed by atoms with Crippen LogP contribution in [-0.4, -0.2) is 29.4 Å². The monoisotopic (exact) mass is 352 g/mol. The summed E-state index contributed by atoms with van der Waals surface area (Å²) in [7, 11) is -15.0. The van der Waals surface area contributed by atoms with E-state index in [4.69, 9.17) is 29.4 Å². The Labute approximate surface area is 100 Å². The van der Waals surface area contributed by atoms with Gasteiger partial charge in [-0.1, -0.05) is 5.64 Å².